The van der Waals surface area contributed by atoms with Crippen LogP contribution in [-0.4, -0.2) is 24.6 Å². The summed E-state index contributed by atoms with van der Waals surface area (Å²) in [6.45, 7) is 2.01. The molecule has 0 aliphatic rings. The Kier molecular flexibility index (Phi) is 2.72. The molecule has 0 bridgehead atoms. The van der Waals surface area contributed by atoms with Crippen LogP contribution in [0.25, 0.3) is 22.4 Å². The van der Waals surface area contributed by atoms with Crippen LogP contribution in [0.1, 0.15) is 5.56 Å². The van der Waals surface area contributed by atoms with Crippen LogP contribution in [0.3, 0.4) is 0 Å². The van der Waals surface area contributed by atoms with Crippen molar-refractivity contribution in [2.24, 2.45) is 0 Å². The lowest BCUT2D eigenvalue weighted by Crippen LogP contribution is -1.97. The van der Waals surface area contributed by atoms with Gasteiger partial charge >= 0.3 is 0 Å². The Morgan fingerprint density at radius 1 is 1.26 bits per heavy atom. The normalized spacial score (nSPS) is 12.1. The van der Waals surface area contributed by atoms with Gasteiger partial charge in [-0.3, -0.25) is 0 Å². The van der Waals surface area contributed by atoms with E-state index in [4.69, 9.17) is 0 Å². The van der Waals surface area contributed by atoms with E-state index in [0.717, 1.165) is 16.6 Å². The standard InChI is InChI=1S/C13H12N2O2S2/c1-8-6-18-7-9(8)13-14-10-4-3-5-11(12(10)15-13)19(2,16)17/h3-7H,1-2H3,(H,14,15). The zero-order valence-electron chi connectivity index (χ0n) is 10.5. The molecule has 6 heteroatoms. The maximum Gasteiger partial charge on any atom is 0.177 e. The fourth-order valence-electron chi connectivity index (χ4n) is 2.04. The first kappa shape index (κ1) is 12.4. The molecule has 1 aromatic carbocycles. The van der Waals surface area contributed by atoms with Crippen LogP contribution < -0.4 is 0 Å². The van der Waals surface area contributed by atoms with Crippen LogP contribution in [0.15, 0.2) is 33.9 Å². The number of imidazole rings is 1. The Balaban J connectivity index is 2.31. The molecule has 1 N–H and O–H groups in total. The van der Waals surface area contributed by atoms with Gasteiger partial charge < -0.3 is 4.98 Å². The number of benzene rings is 1. The van der Waals surface area contributed by atoms with E-state index < -0.39 is 9.84 Å². The van der Waals surface area contributed by atoms with Gasteiger partial charge in [-0.25, -0.2) is 13.4 Å². The Bertz CT molecular complexity index is 860. The van der Waals surface area contributed by atoms with Crippen molar-refractivity contribution in [2.45, 2.75) is 11.8 Å². The van der Waals surface area contributed by atoms with Crippen LogP contribution in [0, 0.1) is 6.92 Å². The molecule has 0 aliphatic heterocycles. The van der Waals surface area contributed by atoms with Gasteiger partial charge in [-0.2, -0.15) is 11.3 Å². The Labute approximate surface area is 115 Å². The lowest BCUT2D eigenvalue weighted by Gasteiger charge is -1.97. The summed E-state index contributed by atoms with van der Waals surface area (Å²) in [6, 6.07) is 5.14. The van der Waals surface area contributed by atoms with Gasteiger partial charge in [-0.15, -0.1) is 0 Å². The molecule has 0 amide bonds. The molecular weight excluding hydrogens is 280 g/mol. The number of rotatable bonds is 2. The molecule has 2 aromatic heterocycles. The van der Waals surface area contributed by atoms with Crippen molar-refractivity contribution in [1.29, 1.82) is 0 Å². The molecular formula is C13H12N2O2S2. The van der Waals surface area contributed by atoms with Crippen molar-refractivity contribution in [1.82, 2.24) is 9.97 Å². The third-order valence-electron chi connectivity index (χ3n) is 2.99. The minimum atomic E-state index is -3.27. The van der Waals surface area contributed by atoms with Gasteiger partial charge in [0.2, 0.25) is 0 Å². The number of sulfone groups is 1. The molecule has 19 heavy (non-hydrogen) atoms. The zero-order chi connectivity index (χ0) is 13.6. The van der Waals surface area contributed by atoms with Gasteiger partial charge in [0, 0.05) is 17.2 Å². The first-order chi connectivity index (χ1) is 8.97. The van der Waals surface area contributed by atoms with E-state index in [1.54, 1.807) is 23.5 Å². The second-order valence-electron chi connectivity index (χ2n) is 4.48. The molecule has 0 aliphatic carbocycles. The predicted molar refractivity (Wildman–Crippen MR) is 77.3 cm³/mol. The van der Waals surface area contributed by atoms with E-state index in [1.807, 2.05) is 23.8 Å². The lowest BCUT2D eigenvalue weighted by molar-refractivity contribution is 0.602. The second-order valence-corrected chi connectivity index (χ2v) is 7.21. The molecule has 0 atom stereocenters. The topological polar surface area (TPSA) is 62.8 Å². The van der Waals surface area contributed by atoms with Crippen molar-refractivity contribution in [3.63, 3.8) is 0 Å². The Morgan fingerprint density at radius 3 is 2.68 bits per heavy atom. The number of thiophene rings is 1. The van der Waals surface area contributed by atoms with E-state index >= 15 is 0 Å². The first-order valence-electron chi connectivity index (χ1n) is 5.69. The van der Waals surface area contributed by atoms with Crippen molar-refractivity contribution in [2.75, 3.05) is 6.26 Å². The Morgan fingerprint density at radius 2 is 2.05 bits per heavy atom. The summed E-state index contributed by atoms with van der Waals surface area (Å²) in [5.41, 5.74) is 3.39. The van der Waals surface area contributed by atoms with Gasteiger partial charge in [0.15, 0.2) is 9.84 Å². The second kappa shape index (κ2) is 4.18. The van der Waals surface area contributed by atoms with Crippen molar-refractivity contribution in [3.05, 3.63) is 34.5 Å². The highest BCUT2D eigenvalue weighted by molar-refractivity contribution is 7.91. The van der Waals surface area contributed by atoms with E-state index in [-0.39, 0.29) is 4.90 Å². The molecule has 0 spiro atoms. The summed E-state index contributed by atoms with van der Waals surface area (Å²) < 4.78 is 23.5. The van der Waals surface area contributed by atoms with E-state index in [2.05, 4.69) is 9.97 Å². The number of H-pyrrole nitrogens is 1. The highest BCUT2D eigenvalue weighted by Gasteiger charge is 2.16. The third kappa shape index (κ3) is 2.06. The average Bonchev–Trinajstić information content (AvgIpc) is 2.91. The zero-order valence-corrected chi connectivity index (χ0v) is 12.1. The molecule has 0 unspecified atom stereocenters. The third-order valence-corrected chi connectivity index (χ3v) is 4.98. The number of para-hydroxylation sites is 1. The number of aromatic amines is 1. The molecule has 4 nitrogen and oxygen atoms in total. The first-order valence-corrected chi connectivity index (χ1v) is 8.52. The predicted octanol–water partition coefficient (Wildman–Crippen LogP) is 3.00. The van der Waals surface area contributed by atoms with E-state index in [9.17, 15) is 8.42 Å². The molecule has 98 valence electrons. The fraction of sp³-hybridized carbons (Fsp3) is 0.154. The van der Waals surface area contributed by atoms with Crippen LogP contribution in [0.4, 0.5) is 0 Å². The minimum absolute atomic E-state index is 0.264. The van der Waals surface area contributed by atoms with Crippen molar-refractivity contribution in [3.8, 4) is 11.4 Å². The van der Waals surface area contributed by atoms with Gasteiger partial charge in [-0.05, 0) is 30.0 Å². The minimum Gasteiger partial charge on any atom is -0.338 e. The quantitative estimate of drug-likeness (QED) is 0.789. The molecule has 0 saturated carbocycles. The number of aromatic nitrogens is 2. The van der Waals surface area contributed by atoms with Crippen LogP contribution in [-0.2, 0) is 9.84 Å². The largest absolute Gasteiger partial charge is 0.338 e. The Hall–Kier alpha value is -1.66. The van der Waals surface area contributed by atoms with Crippen molar-refractivity contribution >= 4 is 32.2 Å². The summed E-state index contributed by atoms with van der Waals surface area (Å²) in [5.74, 6) is 0.713. The monoisotopic (exact) mass is 292 g/mol. The molecule has 0 radical (unpaired) electrons. The van der Waals surface area contributed by atoms with Crippen LogP contribution in [0.5, 0.6) is 0 Å². The van der Waals surface area contributed by atoms with Gasteiger partial charge in [0.05, 0.1) is 10.4 Å². The average molecular weight is 292 g/mol. The summed E-state index contributed by atoms with van der Waals surface area (Å²) in [6.07, 6.45) is 1.20. The number of hydrogen-bond donors (Lipinski definition) is 1. The number of nitrogens with one attached hydrogen (secondary N) is 1. The smallest absolute Gasteiger partial charge is 0.177 e. The fourth-order valence-corrected chi connectivity index (χ4v) is 3.70. The molecule has 0 saturated heterocycles. The molecule has 3 rings (SSSR count). The summed E-state index contributed by atoms with van der Waals surface area (Å²) in [4.78, 5) is 7.90. The summed E-state index contributed by atoms with van der Waals surface area (Å²) >= 11 is 1.60. The van der Waals surface area contributed by atoms with Crippen LogP contribution >= 0.6 is 11.3 Å². The maximum atomic E-state index is 11.8. The van der Waals surface area contributed by atoms with E-state index in [1.165, 1.54) is 6.26 Å². The van der Waals surface area contributed by atoms with Gasteiger partial charge in [0.1, 0.15) is 11.3 Å². The highest BCUT2D eigenvalue weighted by atomic mass is 32.2. The highest BCUT2D eigenvalue weighted by Crippen LogP contribution is 2.28. The summed E-state index contributed by atoms with van der Waals surface area (Å²) in [7, 11) is -3.27. The van der Waals surface area contributed by atoms with Crippen LogP contribution in [0.2, 0.25) is 0 Å². The SMILES string of the molecule is Cc1cscc1-c1nc2c(S(C)(=O)=O)cccc2[nH]1. The molecule has 3 aromatic rings. The van der Waals surface area contributed by atoms with Crippen molar-refractivity contribution < 1.29 is 8.42 Å². The number of fused-ring (bicyclic) bond motifs is 1. The van der Waals surface area contributed by atoms with Gasteiger partial charge in [-0.1, -0.05) is 6.07 Å². The summed E-state index contributed by atoms with van der Waals surface area (Å²) in [5, 5.41) is 4.05. The molecule has 2 heterocycles. The number of aryl methyl sites for hydroxylation is 1. The van der Waals surface area contributed by atoms with Gasteiger partial charge in [0.25, 0.3) is 0 Å². The number of hydrogen-bond acceptors (Lipinski definition) is 4. The number of nitrogens with zero attached hydrogens (tertiary/aromatic N) is 1. The molecule has 0 fully saturated rings. The van der Waals surface area contributed by atoms with E-state index in [0.29, 0.717) is 11.3 Å². The maximum absolute atomic E-state index is 11.8. The lowest BCUT2D eigenvalue weighted by atomic mass is 10.2.